The summed E-state index contributed by atoms with van der Waals surface area (Å²) in [6, 6.07) is 0.417. The fourth-order valence-corrected chi connectivity index (χ4v) is 1.07. The number of hydrogen-bond donors (Lipinski definition) is 1. The highest BCUT2D eigenvalue weighted by Crippen LogP contribution is 2.12. The molecule has 1 aromatic heterocycles. The molecule has 0 saturated carbocycles. The largest absolute Gasteiger partial charge is 0.463 e. The summed E-state index contributed by atoms with van der Waals surface area (Å²) in [5.74, 6) is 0.677. The van der Waals surface area contributed by atoms with Crippen molar-refractivity contribution < 1.29 is 9.47 Å². The monoisotopic (exact) mass is 240 g/mol. The maximum Gasteiger partial charge on any atom is 0.324 e. The Morgan fingerprint density at radius 1 is 1.06 bits per heavy atom. The molecule has 0 aliphatic rings. The Bertz CT molecular complexity index is 355. The van der Waals surface area contributed by atoms with Gasteiger partial charge in [-0.15, -0.1) is 4.98 Å². The Kier molecular flexibility index (Phi) is 4.93. The summed E-state index contributed by atoms with van der Waals surface area (Å²) in [5.41, 5.74) is 5.54. The number of rotatable bonds is 6. The standard InChI is InChI=1S/C11H20N4O2/c1-7(2)5-6-16-10-13-9(12)14-11(15-10)17-8(3)4/h7-8H,5-6H2,1-4H3,(H2,12,13,14,15). The van der Waals surface area contributed by atoms with Crippen molar-refractivity contribution in [2.45, 2.75) is 40.2 Å². The number of nitrogen functional groups attached to an aromatic ring is 1. The van der Waals surface area contributed by atoms with Gasteiger partial charge in [-0.1, -0.05) is 13.8 Å². The highest BCUT2D eigenvalue weighted by Gasteiger charge is 2.08. The molecular weight excluding hydrogens is 220 g/mol. The second-order valence-electron chi connectivity index (χ2n) is 4.46. The number of anilines is 1. The minimum Gasteiger partial charge on any atom is -0.463 e. The van der Waals surface area contributed by atoms with E-state index in [-0.39, 0.29) is 24.1 Å². The maximum atomic E-state index is 5.54. The van der Waals surface area contributed by atoms with Crippen LogP contribution in [0.5, 0.6) is 12.0 Å². The molecule has 0 spiro atoms. The van der Waals surface area contributed by atoms with Gasteiger partial charge in [-0.3, -0.25) is 0 Å². The molecule has 1 aromatic rings. The smallest absolute Gasteiger partial charge is 0.324 e. The normalized spacial score (nSPS) is 10.9. The zero-order valence-electron chi connectivity index (χ0n) is 10.8. The molecule has 17 heavy (non-hydrogen) atoms. The summed E-state index contributed by atoms with van der Waals surface area (Å²) in [5, 5.41) is 0. The van der Waals surface area contributed by atoms with Crippen LogP contribution in [0.3, 0.4) is 0 Å². The highest BCUT2D eigenvalue weighted by atomic mass is 16.5. The van der Waals surface area contributed by atoms with Gasteiger partial charge in [-0.2, -0.15) is 9.97 Å². The fraction of sp³-hybridized carbons (Fsp3) is 0.727. The highest BCUT2D eigenvalue weighted by molar-refractivity contribution is 5.20. The number of ether oxygens (including phenoxy) is 2. The van der Waals surface area contributed by atoms with Gasteiger partial charge >= 0.3 is 12.0 Å². The third-order valence-corrected chi connectivity index (χ3v) is 1.88. The first-order chi connectivity index (χ1) is 7.97. The molecule has 6 nitrogen and oxygen atoms in total. The average Bonchev–Trinajstić information content (AvgIpc) is 2.14. The molecule has 0 aliphatic heterocycles. The predicted octanol–water partition coefficient (Wildman–Crippen LogP) is 1.67. The van der Waals surface area contributed by atoms with E-state index in [0.29, 0.717) is 12.5 Å². The summed E-state index contributed by atoms with van der Waals surface area (Å²) in [6.45, 7) is 8.58. The summed E-state index contributed by atoms with van der Waals surface area (Å²) in [6.07, 6.45) is 0.923. The van der Waals surface area contributed by atoms with Gasteiger partial charge in [0.25, 0.3) is 0 Å². The summed E-state index contributed by atoms with van der Waals surface area (Å²) in [4.78, 5) is 11.8. The minimum absolute atomic E-state index is 0.0136. The van der Waals surface area contributed by atoms with Crippen LogP contribution in [0.25, 0.3) is 0 Å². The van der Waals surface area contributed by atoms with Gasteiger partial charge in [-0.25, -0.2) is 0 Å². The second kappa shape index (κ2) is 6.22. The lowest BCUT2D eigenvalue weighted by molar-refractivity contribution is 0.211. The van der Waals surface area contributed by atoms with E-state index in [2.05, 4.69) is 28.8 Å². The first-order valence-corrected chi connectivity index (χ1v) is 5.78. The van der Waals surface area contributed by atoms with E-state index in [1.54, 1.807) is 0 Å². The Morgan fingerprint density at radius 2 is 1.71 bits per heavy atom. The van der Waals surface area contributed by atoms with Crippen LogP contribution >= 0.6 is 0 Å². The van der Waals surface area contributed by atoms with Gasteiger partial charge in [0.1, 0.15) is 0 Å². The number of hydrogen-bond acceptors (Lipinski definition) is 6. The molecule has 0 bridgehead atoms. The SMILES string of the molecule is CC(C)CCOc1nc(N)nc(OC(C)C)n1. The molecule has 0 atom stereocenters. The molecule has 96 valence electrons. The van der Waals surface area contributed by atoms with Crippen molar-refractivity contribution >= 4 is 5.95 Å². The molecule has 0 saturated heterocycles. The zero-order valence-corrected chi connectivity index (χ0v) is 10.8. The van der Waals surface area contributed by atoms with Crippen LogP contribution in [0.4, 0.5) is 5.95 Å². The molecule has 2 N–H and O–H groups in total. The summed E-state index contributed by atoms with van der Waals surface area (Å²) in [7, 11) is 0. The van der Waals surface area contributed by atoms with E-state index in [1.165, 1.54) is 0 Å². The fourth-order valence-electron chi connectivity index (χ4n) is 1.07. The topological polar surface area (TPSA) is 83.2 Å². The van der Waals surface area contributed by atoms with Gasteiger partial charge < -0.3 is 15.2 Å². The molecule has 0 fully saturated rings. The molecule has 0 amide bonds. The van der Waals surface area contributed by atoms with E-state index < -0.39 is 0 Å². The Morgan fingerprint density at radius 3 is 2.29 bits per heavy atom. The van der Waals surface area contributed by atoms with Crippen molar-refractivity contribution in [3.05, 3.63) is 0 Å². The van der Waals surface area contributed by atoms with E-state index >= 15 is 0 Å². The lowest BCUT2D eigenvalue weighted by atomic mass is 10.1. The van der Waals surface area contributed by atoms with Crippen molar-refractivity contribution in [2.75, 3.05) is 12.3 Å². The molecule has 1 heterocycles. The van der Waals surface area contributed by atoms with E-state index in [4.69, 9.17) is 15.2 Å². The minimum atomic E-state index is -0.0136. The van der Waals surface area contributed by atoms with Gasteiger partial charge in [0.15, 0.2) is 0 Å². The molecule has 0 unspecified atom stereocenters. The Balaban J connectivity index is 2.62. The number of nitrogens with two attached hydrogens (primary N) is 1. The van der Waals surface area contributed by atoms with Crippen LogP contribution in [-0.2, 0) is 0 Å². The van der Waals surface area contributed by atoms with Crippen molar-refractivity contribution in [2.24, 2.45) is 5.92 Å². The van der Waals surface area contributed by atoms with Crippen LogP contribution in [0.15, 0.2) is 0 Å². The van der Waals surface area contributed by atoms with Crippen LogP contribution < -0.4 is 15.2 Å². The van der Waals surface area contributed by atoms with Gasteiger partial charge in [-0.05, 0) is 26.2 Å². The molecule has 1 rings (SSSR count). The van der Waals surface area contributed by atoms with Crippen molar-refractivity contribution in [3.63, 3.8) is 0 Å². The van der Waals surface area contributed by atoms with Crippen LogP contribution in [0.1, 0.15) is 34.1 Å². The van der Waals surface area contributed by atoms with E-state index in [1.807, 2.05) is 13.8 Å². The van der Waals surface area contributed by atoms with Crippen molar-refractivity contribution in [1.29, 1.82) is 0 Å². The Labute approximate surface area is 102 Å². The molecule has 0 aromatic carbocycles. The molecule has 6 heteroatoms. The molecule has 0 radical (unpaired) electrons. The molecular formula is C11H20N4O2. The number of aromatic nitrogens is 3. The summed E-state index contributed by atoms with van der Waals surface area (Å²) >= 11 is 0. The van der Waals surface area contributed by atoms with Gasteiger partial charge in [0.2, 0.25) is 5.95 Å². The lowest BCUT2D eigenvalue weighted by Gasteiger charge is -2.10. The average molecular weight is 240 g/mol. The summed E-state index contributed by atoms with van der Waals surface area (Å²) < 4.78 is 10.7. The first kappa shape index (κ1) is 13.5. The third kappa shape index (κ3) is 5.33. The van der Waals surface area contributed by atoms with Crippen LogP contribution in [0.2, 0.25) is 0 Å². The quantitative estimate of drug-likeness (QED) is 0.814. The second-order valence-corrected chi connectivity index (χ2v) is 4.46. The maximum absolute atomic E-state index is 5.54. The van der Waals surface area contributed by atoms with Crippen molar-refractivity contribution in [1.82, 2.24) is 15.0 Å². The number of nitrogens with zero attached hydrogens (tertiary/aromatic N) is 3. The van der Waals surface area contributed by atoms with Crippen LogP contribution in [-0.4, -0.2) is 27.7 Å². The van der Waals surface area contributed by atoms with E-state index in [0.717, 1.165) is 6.42 Å². The van der Waals surface area contributed by atoms with Gasteiger partial charge in [0.05, 0.1) is 12.7 Å². The first-order valence-electron chi connectivity index (χ1n) is 5.78. The third-order valence-electron chi connectivity index (χ3n) is 1.88. The van der Waals surface area contributed by atoms with Crippen molar-refractivity contribution in [3.8, 4) is 12.0 Å². The zero-order chi connectivity index (χ0) is 12.8. The van der Waals surface area contributed by atoms with Gasteiger partial charge in [0, 0.05) is 0 Å². The van der Waals surface area contributed by atoms with E-state index in [9.17, 15) is 0 Å². The van der Waals surface area contributed by atoms with Crippen LogP contribution in [0, 0.1) is 5.92 Å². The predicted molar refractivity (Wildman–Crippen MR) is 65.0 cm³/mol. The Hall–Kier alpha value is -1.59. The molecule has 0 aliphatic carbocycles. The lowest BCUT2D eigenvalue weighted by Crippen LogP contribution is -2.12.